The van der Waals surface area contributed by atoms with Crippen LogP contribution in [-0.4, -0.2) is 43.5 Å². The molecule has 1 rings (SSSR count). The summed E-state index contributed by atoms with van der Waals surface area (Å²) in [4.78, 5) is 18.7. The Morgan fingerprint density at radius 1 is 0.800 bits per heavy atom. The van der Waals surface area contributed by atoms with Crippen molar-refractivity contribution in [2.45, 2.75) is 114 Å². The van der Waals surface area contributed by atoms with Crippen molar-refractivity contribution in [3.8, 4) is 0 Å². The SMILES string of the molecule is CCC(=NC)C(C)C.CCC(=O)C(C)C.CCC(CC)=NC.CCC1(C(C)C)CO1. The van der Waals surface area contributed by atoms with Gasteiger partial charge in [0.2, 0.25) is 0 Å². The maximum atomic E-state index is 10.5. The number of carbonyl (C=O) groups is 1. The fraction of sp³-hybridized carbons (Fsp3) is 0.885. The molecule has 0 radical (unpaired) electrons. The van der Waals surface area contributed by atoms with Gasteiger partial charge in [0.15, 0.2) is 0 Å². The Morgan fingerprint density at radius 2 is 1.27 bits per heavy atom. The molecule has 30 heavy (non-hydrogen) atoms. The first-order valence-corrected chi connectivity index (χ1v) is 12.0. The van der Waals surface area contributed by atoms with Crippen LogP contribution in [0.3, 0.4) is 0 Å². The Balaban J connectivity index is -0.000000325. The predicted octanol–water partition coefficient (Wildman–Crippen LogP) is 7.44. The lowest BCUT2D eigenvalue weighted by molar-refractivity contribution is -0.121. The van der Waals surface area contributed by atoms with Crippen LogP contribution in [0.4, 0.5) is 0 Å². The molecule has 4 heteroatoms. The van der Waals surface area contributed by atoms with Crippen molar-refractivity contribution in [3.05, 3.63) is 0 Å². The normalized spacial score (nSPS) is 17.3. The third-order valence-electron chi connectivity index (χ3n) is 5.61. The summed E-state index contributed by atoms with van der Waals surface area (Å²) in [7, 11) is 3.71. The smallest absolute Gasteiger partial charge is 0.135 e. The van der Waals surface area contributed by atoms with Gasteiger partial charge >= 0.3 is 0 Å². The largest absolute Gasteiger partial charge is 0.369 e. The average molecular weight is 427 g/mol. The minimum Gasteiger partial charge on any atom is -0.369 e. The van der Waals surface area contributed by atoms with Gasteiger partial charge in [-0.15, -0.1) is 0 Å². The van der Waals surface area contributed by atoms with Gasteiger partial charge < -0.3 is 4.74 Å². The molecule has 1 heterocycles. The first kappa shape index (κ1) is 33.6. The molecular weight excluding hydrogens is 372 g/mol. The molecule has 0 spiro atoms. The summed E-state index contributed by atoms with van der Waals surface area (Å²) < 4.78 is 5.31. The number of nitrogens with zero attached hydrogens (tertiary/aromatic N) is 2. The van der Waals surface area contributed by atoms with Crippen LogP contribution in [-0.2, 0) is 9.53 Å². The Kier molecular flexibility index (Phi) is 22.3. The number of hydrogen-bond donors (Lipinski definition) is 0. The van der Waals surface area contributed by atoms with E-state index in [-0.39, 0.29) is 5.92 Å². The van der Waals surface area contributed by atoms with Crippen LogP contribution in [0, 0.1) is 17.8 Å². The summed E-state index contributed by atoms with van der Waals surface area (Å²) in [5.74, 6) is 1.91. The van der Waals surface area contributed by atoms with E-state index in [0.717, 1.165) is 25.9 Å². The van der Waals surface area contributed by atoms with Gasteiger partial charge in [0.1, 0.15) is 5.78 Å². The molecule has 4 nitrogen and oxygen atoms in total. The average Bonchev–Trinajstić information content (AvgIpc) is 3.52. The zero-order valence-electron chi connectivity index (χ0n) is 22.7. The van der Waals surface area contributed by atoms with E-state index in [1.165, 1.54) is 17.8 Å². The molecule has 1 aliphatic rings. The third kappa shape index (κ3) is 16.7. The van der Waals surface area contributed by atoms with Crippen LogP contribution in [0.1, 0.15) is 108 Å². The number of epoxide rings is 1. The maximum Gasteiger partial charge on any atom is 0.135 e. The van der Waals surface area contributed by atoms with Crippen LogP contribution in [0.15, 0.2) is 9.98 Å². The highest BCUT2D eigenvalue weighted by atomic mass is 16.6. The molecular formula is C26H54N2O2. The minimum absolute atomic E-state index is 0.227. The van der Waals surface area contributed by atoms with Crippen molar-refractivity contribution >= 4 is 17.2 Å². The first-order valence-electron chi connectivity index (χ1n) is 12.0. The van der Waals surface area contributed by atoms with E-state index in [2.05, 4.69) is 65.4 Å². The van der Waals surface area contributed by atoms with E-state index in [1.54, 1.807) is 0 Å². The van der Waals surface area contributed by atoms with Crippen LogP contribution in [0.5, 0.6) is 0 Å². The number of Topliss-reactive ketones (excluding diaryl/α,β-unsaturated/α-hetero) is 1. The second-order valence-electron chi connectivity index (χ2n) is 8.56. The topological polar surface area (TPSA) is 54.3 Å². The van der Waals surface area contributed by atoms with E-state index < -0.39 is 0 Å². The van der Waals surface area contributed by atoms with E-state index in [4.69, 9.17) is 4.74 Å². The van der Waals surface area contributed by atoms with Gasteiger partial charge in [-0.05, 0) is 37.5 Å². The van der Waals surface area contributed by atoms with Gasteiger partial charge in [0.25, 0.3) is 0 Å². The number of ketones is 1. The summed E-state index contributed by atoms with van der Waals surface area (Å²) in [6.07, 6.45) is 5.15. The quantitative estimate of drug-likeness (QED) is 0.299. The second kappa shape index (κ2) is 19.9. The zero-order valence-corrected chi connectivity index (χ0v) is 22.7. The highest BCUT2D eigenvalue weighted by Gasteiger charge is 2.45. The molecule has 1 fully saturated rings. The molecule has 1 saturated heterocycles. The monoisotopic (exact) mass is 426 g/mol. The van der Waals surface area contributed by atoms with E-state index in [0.29, 0.717) is 29.6 Å². The minimum atomic E-state index is 0.227. The van der Waals surface area contributed by atoms with Gasteiger partial charge in [-0.2, -0.15) is 0 Å². The number of ether oxygens (including phenoxy) is 1. The van der Waals surface area contributed by atoms with Gasteiger partial charge in [0, 0.05) is 37.9 Å². The maximum absolute atomic E-state index is 10.5. The molecule has 0 aromatic heterocycles. The molecule has 1 atom stereocenters. The molecule has 0 amide bonds. The number of hydrogen-bond acceptors (Lipinski definition) is 4. The Hall–Kier alpha value is -1.03. The fourth-order valence-corrected chi connectivity index (χ4v) is 2.84. The molecule has 0 bridgehead atoms. The summed E-state index contributed by atoms with van der Waals surface area (Å²) >= 11 is 0. The van der Waals surface area contributed by atoms with Crippen molar-refractivity contribution < 1.29 is 9.53 Å². The van der Waals surface area contributed by atoms with Crippen LogP contribution in [0.2, 0.25) is 0 Å². The number of aliphatic imine (C=N–C) groups is 2. The molecule has 180 valence electrons. The van der Waals surface area contributed by atoms with Gasteiger partial charge in [0.05, 0.1) is 12.2 Å². The standard InChI is InChI=1S/C7H15N.C7H14O.C6H13N.C6H12O/c1-5-7(8-4)6(2)3;1-4-7(5-8-7)6(2)3;1-4-6(5-2)7-3;1-4-6(7)5(2)3/h6H,5H2,1-4H3;6H,4-5H2,1-3H3;4-5H2,1-3H3;5H,4H2,1-3H3. The molecule has 0 N–H and O–H groups in total. The highest BCUT2D eigenvalue weighted by molar-refractivity contribution is 5.85. The molecule has 0 aromatic carbocycles. The lowest BCUT2D eigenvalue weighted by Crippen LogP contribution is -2.17. The van der Waals surface area contributed by atoms with Crippen LogP contribution >= 0.6 is 0 Å². The lowest BCUT2D eigenvalue weighted by atomic mass is 9.94. The summed E-state index contributed by atoms with van der Waals surface area (Å²) in [6.45, 7) is 24.1. The van der Waals surface area contributed by atoms with Crippen molar-refractivity contribution in [1.29, 1.82) is 0 Å². The van der Waals surface area contributed by atoms with Gasteiger partial charge in [-0.25, -0.2) is 0 Å². The van der Waals surface area contributed by atoms with Gasteiger partial charge in [-0.1, -0.05) is 76.2 Å². The molecule has 0 aromatic rings. The Bertz CT molecular complexity index is 467. The number of carbonyl (C=O) groups excluding carboxylic acids is 1. The fourth-order valence-electron chi connectivity index (χ4n) is 2.84. The van der Waals surface area contributed by atoms with Crippen molar-refractivity contribution in [3.63, 3.8) is 0 Å². The Labute approximate surface area is 189 Å². The third-order valence-corrected chi connectivity index (χ3v) is 5.61. The second-order valence-corrected chi connectivity index (χ2v) is 8.56. The Morgan fingerprint density at radius 3 is 1.27 bits per heavy atom. The summed E-state index contributed by atoms with van der Waals surface area (Å²) in [6, 6.07) is 0. The predicted molar refractivity (Wildman–Crippen MR) is 136 cm³/mol. The van der Waals surface area contributed by atoms with Gasteiger partial charge in [-0.3, -0.25) is 14.8 Å². The zero-order chi connectivity index (χ0) is 24.3. The summed E-state index contributed by atoms with van der Waals surface area (Å²) in [5, 5.41) is 0. The molecule has 1 unspecified atom stereocenters. The van der Waals surface area contributed by atoms with E-state index in [9.17, 15) is 4.79 Å². The number of rotatable bonds is 8. The molecule has 0 saturated carbocycles. The van der Waals surface area contributed by atoms with Crippen molar-refractivity contribution in [1.82, 2.24) is 0 Å². The summed E-state index contributed by atoms with van der Waals surface area (Å²) in [5.41, 5.74) is 2.91. The van der Waals surface area contributed by atoms with E-state index >= 15 is 0 Å². The molecule has 0 aliphatic carbocycles. The first-order chi connectivity index (χ1) is 14.0. The van der Waals surface area contributed by atoms with Crippen molar-refractivity contribution in [2.24, 2.45) is 27.7 Å². The van der Waals surface area contributed by atoms with Crippen molar-refractivity contribution in [2.75, 3.05) is 20.7 Å². The highest BCUT2D eigenvalue weighted by Crippen LogP contribution is 2.37. The molecule has 1 aliphatic heterocycles. The lowest BCUT2D eigenvalue weighted by Gasteiger charge is -2.11. The van der Waals surface area contributed by atoms with Crippen LogP contribution in [0.25, 0.3) is 0 Å². The van der Waals surface area contributed by atoms with E-state index in [1.807, 2.05) is 34.9 Å². The van der Waals surface area contributed by atoms with Crippen LogP contribution < -0.4 is 0 Å².